The van der Waals surface area contributed by atoms with Gasteiger partial charge in [-0.25, -0.2) is 18.7 Å². The number of anilines is 1. The Bertz CT molecular complexity index is 339. The molecule has 1 aliphatic heterocycles. The van der Waals surface area contributed by atoms with E-state index in [-0.39, 0.29) is 11.7 Å². The summed E-state index contributed by atoms with van der Waals surface area (Å²) in [6, 6.07) is 1.56. The van der Waals surface area contributed by atoms with Gasteiger partial charge in [-0.3, -0.25) is 0 Å². The van der Waals surface area contributed by atoms with Gasteiger partial charge in [-0.05, 0) is 19.4 Å². The zero-order chi connectivity index (χ0) is 11.4. The molecule has 0 saturated carbocycles. The Kier molecular flexibility index (Phi) is 3.61. The molecule has 0 radical (unpaired) electrons. The smallest absolute Gasteiger partial charge is 0.280 e. The van der Waals surface area contributed by atoms with Crippen molar-refractivity contribution in [1.29, 1.82) is 0 Å². The van der Waals surface area contributed by atoms with Gasteiger partial charge in [0.15, 0.2) is 0 Å². The number of hydrogen-bond acceptors (Lipinski definition) is 4. The molecule has 0 spiro atoms. The largest absolute Gasteiger partial charge is 0.366 e. The van der Waals surface area contributed by atoms with Crippen LogP contribution in [0.1, 0.15) is 25.0 Å². The fourth-order valence-corrected chi connectivity index (χ4v) is 1.75. The van der Waals surface area contributed by atoms with Gasteiger partial charge in [0, 0.05) is 18.7 Å². The highest BCUT2D eigenvalue weighted by molar-refractivity contribution is 5.36. The van der Waals surface area contributed by atoms with Gasteiger partial charge in [0.25, 0.3) is 6.43 Å². The number of halogens is 2. The molecule has 4 nitrogen and oxygen atoms in total. The van der Waals surface area contributed by atoms with E-state index in [0.29, 0.717) is 5.82 Å². The van der Waals surface area contributed by atoms with Gasteiger partial charge in [0.05, 0.1) is 0 Å². The molecule has 2 heterocycles. The van der Waals surface area contributed by atoms with E-state index in [9.17, 15) is 8.78 Å². The van der Waals surface area contributed by atoms with Gasteiger partial charge >= 0.3 is 0 Å². The summed E-state index contributed by atoms with van der Waals surface area (Å²) in [6.07, 6.45) is 0.735. The van der Waals surface area contributed by atoms with Crippen LogP contribution in [-0.2, 0) is 0 Å². The van der Waals surface area contributed by atoms with Gasteiger partial charge in [0.1, 0.15) is 17.8 Å². The SMILES string of the molecule is FC(F)c1cc(NC2CCCNC2)ncn1. The first-order chi connectivity index (χ1) is 7.75. The van der Waals surface area contributed by atoms with Crippen LogP contribution >= 0.6 is 0 Å². The highest BCUT2D eigenvalue weighted by atomic mass is 19.3. The summed E-state index contributed by atoms with van der Waals surface area (Å²) in [5.74, 6) is 0.471. The number of nitrogens with zero attached hydrogens (tertiary/aromatic N) is 2. The molecule has 1 aromatic heterocycles. The summed E-state index contributed by atoms with van der Waals surface area (Å²) < 4.78 is 24.8. The molecule has 0 bridgehead atoms. The maximum Gasteiger partial charge on any atom is 0.280 e. The number of hydrogen-bond donors (Lipinski definition) is 2. The molecule has 2 rings (SSSR count). The Morgan fingerprint density at radius 3 is 3.00 bits per heavy atom. The van der Waals surface area contributed by atoms with Crippen LogP contribution in [0.5, 0.6) is 0 Å². The molecule has 1 aliphatic rings. The van der Waals surface area contributed by atoms with Crippen LogP contribution in [0, 0.1) is 0 Å². The summed E-state index contributed by atoms with van der Waals surface area (Å²) in [5, 5.41) is 6.37. The molecule has 0 aliphatic carbocycles. The van der Waals surface area contributed by atoms with E-state index in [4.69, 9.17) is 0 Å². The van der Waals surface area contributed by atoms with Gasteiger partial charge in [-0.2, -0.15) is 0 Å². The lowest BCUT2D eigenvalue weighted by atomic mass is 10.1. The summed E-state index contributed by atoms with van der Waals surface area (Å²) in [6.45, 7) is 1.86. The summed E-state index contributed by atoms with van der Waals surface area (Å²) >= 11 is 0. The summed E-state index contributed by atoms with van der Waals surface area (Å²) in [7, 11) is 0. The van der Waals surface area contributed by atoms with Crippen molar-refractivity contribution in [2.75, 3.05) is 18.4 Å². The van der Waals surface area contributed by atoms with Crippen molar-refractivity contribution in [2.24, 2.45) is 0 Å². The lowest BCUT2D eigenvalue weighted by Gasteiger charge is -2.24. The minimum absolute atomic E-state index is 0.235. The molecular formula is C10H14F2N4. The predicted molar refractivity (Wildman–Crippen MR) is 56.5 cm³/mol. The second kappa shape index (κ2) is 5.16. The first kappa shape index (κ1) is 11.2. The number of aromatic nitrogens is 2. The molecule has 1 atom stereocenters. The zero-order valence-corrected chi connectivity index (χ0v) is 8.79. The van der Waals surface area contributed by atoms with Gasteiger partial charge in [-0.1, -0.05) is 0 Å². The van der Waals surface area contributed by atoms with E-state index in [0.717, 1.165) is 25.9 Å². The van der Waals surface area contributed by atoms with E-state index >= 15 is 0 Å². The molecule has 16 heavy (non-hydrogen) atoms. The van der Waals surface area contributed by atoms with Crippen LogP contribution in [0.4, 0.5) is 14.6 Å². The second-order valence-electron chi connectivity index (χ2n) is 3.82. The minimum Gasteiger partial charge on any atom is -0.366 e. The fourth-order valence-electron chi connectivity index (χ4n) is 1.75. The monoisotopic (exact) mass is 228 g/mol. The van der Waals surface area contributed by atoms with Crippen molar-refractivity contribution in [3.8, 4) is 0 Å². The molecule has 1 saturated heterocycles. The Balaban J connectivity index is 2.00. The molecule has 1 aromatic rings. The Labute approximate surface area is 92.5 Å². The minimum atomic E-state index is -2.55. The molecule has 0 amide bonds. The lowest BCUT2D eigenvalue weighted by Crippen LogP contribution is -2.38. The second-order valence-corrected chi connectivity index (χ2v) is 3.82. The Hall–Kier alpha value is -1.30. The first-order valence-electron chi connectivity index (χ1n) is 5.33. The van der Waals surface area contributed by atoms with Crippen LogP contribution in [0.2, 0.25) is 0 Å². The molecule has 88 valence electrons. The summed E-state index contributed by atoms with van der Waals surface area (Å²) in [5.41, 5.74) is -0.235. The highest BCUT2D eigenvalue weighted by Crippen LogP contribution is 2.18. The van der Waals surface area contributed by atoms with Crippen molar-refractivity contribution in [1.82, 2.24) is 15.3 Å². The molecule has 6 heteroatoms. The van der Waals surface area contributed by atoms with E-state index in [1.165, 1.54) is 12.4 Å². The zero-order valence-electron chi connectivity index (χ0n) is 8.79. The van der Waals surface area contributed by atoms with E-state index in [1.54, 1.807) is 0 Å². The predicted octanol–water partition coefficient (Wildman–Crippen LogP) is 1.58. The van der Waals surface area contributed by atoms with Crippen molar-refractivity contribution in [3.63, 3.8) is 0 Å². The average Bonchev–Trinajstić information content (AvgIpc) is 2.30. The third-order valence-electron chi connectivity index (χ3n) is 2.56. The van der Waals surface area contributed by atoms with Crippen molar-refractivity contribution in [2.45, 2.75) is 25.3 Å². The van der Waals surface area contributed by atoms with Gasteiger partial charge in [0.2, 0.25) is 0 Å². The number of piperidine rings is 1. The number of rotatable bonds is 3. The van der Waals surface area contributed by atoms with Gasteiger partial charge in [-0.15, -0.1) is 0 Å². The maximum absolute atomic E-state index is 12.4. The first-order valence-corrected chi connectivity index (χ1v) is 5.33. The lowest BCUT2D eigenvalue weighted by molar-refractivity contribution is 0.146. The maximum atomic E-state index is 12.4. The highest BCUT2D eigenvalue weighted by Gasteiger charge is 2.14. The molecular weight excluding hydrogens is 214 g/mol. The van der Waals surface area contributed by atoms with E-state index in [1.807, 2.05) is 0 Å². The van der Waals surface area contributed by atoms with Crippen molar-refractivity contribution < 1.29 is 8.78 Å². The van der Waals surface area contributed by atoms with Crippen LogP contribution in [-0.4, -0.2) is 29.1 Å². The molecule has 1 fully saturated rings. The molecule has 2 N–H and O–H groups in total. The number of nitrogens with one attached hydrogen (secondary N) is 2. The van der Waals surface area contributed by atoms with Crippen molar-refractivity contribution >= 4 is 5.82 Å². The van der Waals surface area contributed by atoms with Crippen LogP contribution in [0.25, 0.3) is 0 Å². The van der Waals surface area contributed by atoms with Crippen LogP contribution < -0.4 is 10.6 Å². The van der Waals surface area contributed by atoms with Crippen LogP contribution in [0.3, 0.4) is 0 Å². The fraction of sp³-hybridized carbons (Fsp3) is 0.600. The quantitative estimate of drug-likeness (QED) is 0.824. The normalized spacial score (nSPS) is 21.1. The topological polar surface area (TPSA) is 49.8 Å². The number of alkyl halides is 2. The third-order valence-corrected chi connectivity index (χ3v) is 2.56. The van der Waals surface area contributed by atoms with E-state index < -0.39 is 6.43 Å². The average molecular weight is 228 g/mol. The van der Waals surface area contributed by atoms with E-state index in [2.05, 4.69) is 20.6 Å². The third kappa shape index (κ3) is 2.85. The van der Waals surface area contributed by atoms with Crippen LogP contribution in [0.15, 0.2) is 12.4 Å². The van der Waals surface area contributed by atoms with Gasteiger partial charge < -0.3 is 10.6 Å². The summed E-state index contributed by atoms with van der Waals surface area (Å²) in [4.78, 5) is 7.45. The Morgan fingerprint density at radius 1 is 1.44 bits per heavy atom. The molecule has 0 aromatic carbocycles. The Morgan fingerprint density at radius 2 is 2.31 bits per heavy atom. The van der Waals surface area contributed by atoms with Crippen molar-refractivity contribution in [3.05, 3.63) is 18.1 Å². The standard InChI is InChI=1S/C10H14F2N4/c11-10(12)8-4-9(15-6-14-8)16-7-2-1-3-13-5-7/h4,6-7,10,13H,1-3,5H2,(H,14,15,16). The molecule has 1 unspecified atom stereocenters.